The van der Waals surface area contributed by atoms with Crippen molar-refractivity contribution >= 4 is 0 Å². The zero-order chi connectivity index (χ0) is 15.7. The number of nitrogens with zero attached hydrogens (tertiary/aromatic N) is 2. The zero-order valence-corrected chi connectivity index (χ0v) is 11.9. The number of nitrogens with one attached hydrogen (secondary N) is 1. The summed E-state index contributed by atoms with van der Waals surface area (Å²) in [5.74, 6) is -0.468. The number of aromatic amines is 1. The van der Waals surface area contributed by atoms with Crippen LogP contribution in [-0.2, 0) is 6.54 Å². The molecule has 112 valence electrons. The molecule has 0 amide bonds. The van der Waals surface area contributed by atoms with E-state index in [-0.39, 0.29) is 6.54 Å². The Kier molecular flexibility index (Phi) is 3.50. The summed E-state index contributed by atoms with van der Waals surface area (Å²) in [4.78, 5) is 24.5. The summed E-state index contributed by atoms with van der Waals surface area (Å²) in [5.41, 5.74) is 0.800. The lowest BCUT2D eigenvalue weighted by Gasteiger charge is -2.05. The highest BCUT2D eigenvalue weighted by Gasteiger charge is 2.13. The highest BCUT2D eigenvalue weighted by Crippen LogP contribution is 2.12. The van der Waals surface area contributed by atoms with Crippen LogP contribution in [0.5, 0.6) is 0 Å². The van der Waals surface area contributed by atoms with E-state index in [4.69, 9.17) is 0 Å². The minimum absolute atomic E-state index is 0.163. The van der Waals surface area contributed by atoms with Gasteiger partial charge in [-0.05, 0) is 30.2 Å². The van der Waals surface area contributed by atoms with Crippen LogP contribution in [-0.4, -0.2) is 14.3 Å². The van der Waals surface area contributed by atoms with E-state index in [1.807, 2.05) is 30.3 Å². The standard InChI is InChI=1S/C16H14FN3O2/c1-11-7-8-13(17)9-14(11)20-16(22)19(15(21)18-20)10-12-5-3-2-4-6-12/h2-9H,10H2,1H3,(H,18,21). The number of benzene rings is 2. The first-order valence-electron chi connectivity index (χ1n) is 6.78. The molecule has 5 nitrogen and oxygen atoms in total. The summed E-state index contributed by atoms with van der Waals surface area (Å²) in [7, 11) is 0. The molecule has 0 fully saturated rings. The van der Waals surface area contributed by atoms with Crippen molar-refractivity contribution in [3.63, 3.8) is 0 Å². The van der Waals surface area contributed by atoms with Crippen LogP contribution < -0.4 is 11.4 Å². The molecule has 0 unspecified atom stereocenters. The van der Waals surface area contributed by atoms with E-state index in [9.17, 15) is 14.0 Å². The van der Waals surface area contributed by atoms with Crippen LogP contribution in [0.3, 0.4) is 0 Å². The Morgan fingerprint density at radius 3 is 2.55 bits per heavy atom. The summed E-state index contributed by atoms with van der Waals surface area (Å²) >= 11 is 0. The molecule has 3 rings (SSSR count). The summed E-state index contributed by atoms with van der Waals surface area (Å²) in [6.07, 6.45) is 0. The Hall–Kier alpha value is -2.89. The van der Waals surface area contributed by atoms with Crippen LogP contribution in [0.15, 0.2) is 58.1 Å². The summed E-state index contributed by atoms with van der Waals surface area (Å²) in [5, 5.41) is 2.46. The molecule has 2 aromatic carbocycles. The Morgan fingerprint density at radius 2 is 1.82 bits per heavy atom. The van der Waals surface area contributed by atoms with Crippen molar-refractivity contribution < 1.29 is 4.39 Å². The van der Waals surface area contributed by atoms with E-state index in [1.54, 1.807) is 13.0 Å². The zero-order valence-electron chi connectivity index (χ0n) is 11.9. The Morgan fingerprint density at radius 1 is 1.09 bits per heavy atom. The highest BCUT2D eigenvalue weighted by atomic mass is 19.1. The number of aryl methyl sites for hydroxylation is 1. The summed E-state index contributed by atoms with van der Waals surface area (Å²) < 4.78 is 15.6. The van der Waals surface area contributed by atoms with Gasteiger partial charge in [0.05, 0.1) is 12.2 Å². The highest BCUT2D eigenvalue weighted by molar-refractivity contribution is 5.39. The molecule has 0 aliphatic carbocycles. The molecule has 22 heavy (non-hydrogen) atoms. The van der Waals surface area contributed by atoms with E-state index in [0.717, 1.165) is 14.8 Å². The lowest BCUT2D eigenvalue weighted by Crippen LogP contribution is -2.29. The monoisotopic (exact) mass is 299 g/mol. The molecule has 0 aliphatic heterocycles. The van der Waals surface area contributed by atoms with Crippen molar-refractivity contribution in [1.82, 2.24) is 14.3 Å². The van der Waals surface area contributed by atoms with Gasteiger partial charge in [0.15, 0.2) is 0 Å². The molecule has 1 aromatic heterocycles. The summed E-state index contributed by atoms with van der Waals surface area (Å²) in [6, 6.07) is 13.3. The van der Waals surface area contributed by atoms with E-state index >= 15 is 0 Å². The van der Waals surface area contributed by atoms with Gasteiger partial charge in [-0.25, -0.2) is 28.3 Å². The van der Waals surface area contributed by atoms with Gasteiger partial charge < -0.3 is 0 Å². The van der Waals surface area contributed by atoms with Crippen molar-refractivity contribution in [2.45, 2.75) is 13.5 Å². The lowest BCUT2D eigenvalue weighted by atomic mass is 10.2. The molecular formula is C16H14FN3O2. The minimum atomic E-state index is -0.530. The first-order valence-corrected chi connectivity index (χ1v) is 6.78. The fraction of sp³-hybridized carbons (Fsp3) is 0.125. The molecule has 0 atom stereocenters. The molecule has 0 aliphatic rings. The second-order valence-electron chi connectivity index (χ2n) is 5.04. The Labute approximate surface area is 125 Å². The molecule has 0 spiro atoms. The second-order valence-corrected chi connectivity index (χ2v) is 5.04. The third-order valence-electron chi connectivity index (χ3n) is 3.47. The Bertz CT molecular complexity index is 923. The third-order valence-corrected chi connectivity index (χ3v) is 3.47. The van der Waals surface area contributed by atoms with Crippen LogP contribution in [0.1, 0.15) is 11.1 Å². The lowest BCUT2D eigenvalue weighted by molar-refractivity contribution is 0.623. The van der Waals surface area contributed by atoms with Crippen molar-refractivity contribution in [2.75, 3.05) is 0 Å². The molecule has 0 bridgehead atoms. The first kappa shape index (κ1) is 14.1. The molecule has 1 N–H and O–H groups in total. The fourth-order valence-corrected chi connectivity index (χ4v) is 2.30. The van der Waals surface area contributed by atoms with Gasteiger partial charge in [0.2, 0.25) is 0 Å². The molecule has 6 heteroatoms. The molecule has 1 heterocycles. The maximum absolute atomic E-state index is 13.4. The van der Waals surface area contributed by atoms with E-state index in [0.29, 0.717) is 11.3 Å². The van der Waals surface area contributed by atoms with Crippen molar-refractivity contribution in [2.24, 2.45) is 0 Å². The quantitative estimate of drug-likeness (QED) is 0.802. The maximum Gasteiger partial charge on any atom is 0.352 e. The SMILES string of the molecule is Cc1ccc(F)cc1-n1[nH]c(=O)n(Cc2ccccc2)c1=O. The van der Waals surface area contributed by atoms with E-state index in [2.05, 4.69) is 5.10 Å². The van der Waals surface area contributed by atoms with Crippen LogP contribution in [0.2, 0.25) is 0 Å². The van der Waals surface area contributed by atoms with E-state index < -0.39 is 17.2 Å². The van der Waals surface area contributed by atoms with E-state index in [1.165, 1.54) is 12.1 Å². The smallest absolute Gasteiger partial charge is 0.246 e. The first-order chi connectivity index (χ1) is 10.6. The average Bonchev–Trinajstić information content (AvgIpc) is 2.79. The molecule has 0 saturated carbocycles. The number of aromatic nitrogens is 3. The topological polar surface area (TPSA) is 59.8 Å². The van der Waals surface area contributed by atoms with Gasteiger partial charge in [-0.1, -0.05) is 36.4 Å². The van der Waals surface area contributed by atoms with Crippen LogP contribution in [0.25, 0.3) is 5.69 Å². The number of halogens is 1. The Balaban J connectivity index is 2.10. The molecule has 3 aromatic rings. The predicted molar refractivity (Wildman–Crippen MR) is 80.9 cm³/mol. The third kappa shape index (κ3) is 2.50. The normalized spacial score (nSPS) is 10.8. The molecular weight excluding hydrogens is 285 g/mol. The van der Waals surface area contributed by atoms with Gasteiger partial charge in [-0.15, -0.1) is 0 Å². The average molecular weight is 299 g/mol. The van der Waals surface area contributed by atoms with Gasteiger partial charge >= 0.3 is 11.4 Å². The van der Waals surface area contributed by atoms with Crippen molar-refractivity contribution in [3.8, 4) is 5.69 Å². The van der Waals surface area contributed by atoms with Crippen LogP contribution in [0, 0.1) is 12.7 Å². The molecule has 0 radical (unpaired) electrons. The maximum atomic E-state index is 13.4. The predicted octanol–water partition coefficient (Wildman–Crippen LogP) is 1.82. The second kappa shape index (κ2) is 5.48. The van der Waals surface area contributed by atoms with Crippen LogP contribution >= 0.6 is 0 Å². The van der Waals surface area contributed by atoms with Gasteiger partial charge in [0.25, 0.3) is 0 Å². The van der Waals surface area contributed by atoms with Gasteiger partial charge in [0, 0.05) is 0 Å². The van der Waals surface area contributed by atoms with Gasteiger partial charge in [-0.3, -0.25) is 0 Å². The summed E-state index contributed by atoms with van der Waals surface area (Å²) in [6.45, 7) is 1.91. The van der Waals surface area contributed by atoms with Crippen molar-refractivity contribution in [3.05, 3.63) is 86.4 Å². The largest absolute Gasteiger partial charge is 0.352 e. The van der Waals surface area contributed by atoms with Gasteiger partial charge in [-0.2, -0.15) is 0 Å². The number of hydrogen-bond donors (Lipinski definition) is 1. The van der Waals surface area contributed by atoms with Gasteiger partial charge in [0.1, 0.15) is 5.82 Å². The van der Waals surface area contributed by atoms with Crippen LogP contribution in [0.4, 0.5) is 4.39 Å². The number of hydrogen-bond acceptors (Lipinski definition) is 2. The van der Waals surface area contributed by atoms with Crippen molar-refractivity contribution in [1.29, 1.82) is 0 Å². The number of rotatable bonds is 3. The number of H-pyrrole nitrogens is 1. The fourth-order valence-electron chi connectivity index (χ4n) is 2.30. The minimum Gasteiger partial charge on any atom is -0.246 e. The molecule has 0 saturated heterocycles.